The van der Waals surface area contributed by atoms with Crippen LogP contribution in [0.15, 0.2) is 22.9 Å². The van der Waals surface area contributed by atoms with Crippen LogP contribution in [0.1, 0.15) is 18.4 Å². The van der Waals surface area contributed by atoms with Crippen molar-refractivity contribution in [2.75, 3.05) is 0 Å². The molecule has 5 heteroatoms. The van der Waals surface area contributed by atoms with Gasteiger partial charge in [-0.15, -0.1) is 22.7 Å². The van der Waals surface area contributed by atoms with Crippen LogP contribution in [0, 0.1) is 5.92 Å². The first-order chi connectivity index (χ1) is 8.15. The molecule has 0 bridgehead atoms. The molecule has 3 nitrogen and oxygen atoms in total. The highest BCUT2D eigenvalue weighted by molar-refractivity contribution is 7.14. The van der Waals surface area contributed by atoms with Crippen molar-refractivity contribution in [3.8, 4) is 10.6 Å². The standard InChI is InChI=1S/C12H13NO2S2/c1-8(6-12(14)15)5-11-13-9(7-17-11)10-3-2-4-16-10/h2-4,7-8H,5-6H2,1H3,(H,14,15). The minimum Gasteiger partial charge on any atom is -0.481 e. The summed E-state index contributed by atoms with van der Waals surface area (Å²) in [6.45, 7) is 1.94. The van der Waals surface area contributed by atoms with Gasteiger partial charge in [-0.1, -0.05) is 13.0 Å². The van der Waals surface area contributed by atoms with Gasteiger partial charge in [-0.25, -0.2) is 4.98 Å². The van der Waals surface area contributed by atoms with Crippen LogP contribution in [-0.4, -0.2) is 16.1 Å². The van der Waals surface area contributed by atoms with Crippen molar-refractivity contribution < 1.29 is 9.90 Å². The van der Waals surface area contributed by atoms with Crippen molar-refractivity contribution in [3.05, 3.63) is 27.9 Å². The summed E-state index contributed by atoms with van der Waals surface area (Å²) >= 11 is 3.27. The SMILES string of the molecule is CC(CC(=O)O)Cc1nc(-c2cccs2)cs1. The van der Waals surface area contributed by atoms with Gasteiger partial charge in [0.15, 0.2) is 0 Å². The van der Waals surface area contributed by atoms with Crippen molar-refractivity contribution in [1.29, 1.82) is 0 Å². The lowest BCUT2D eigenvalue weighted by Gasteiger charge is -2.04. The third kappa shape index (κ3) is 3.38. The summed E-state index contributed by atoms with van der Waals surface area (Å²) in [6, 6.07) is 4.05. The molecule has 17 heavy (non-hydrogen) atoms. The molecule has 0 aliphatic carbocycles. The number of thiophene rings is 1. The maximum absolute atomic E-state index is 10.6. The number of hydrogen-bond donors (Lipinski definition) is 1. The van der Waals surface area contributed by atoms with E-state index in [9.17, 15) is 4.79 Å². The molecule has 0 aromatic carbocycles. The van der Waals surface area contributed by atoms with Gasteiger partial charge in [-0.2, -0.15) is 0 Å². The molecule has 0 fully saturated rings. The topological polar surface area (TPSA) is 50.2 Å². The van der Waals surface area contributed by atoms with E-state index in [-0.39, 0.29) is 12.3 Å². The van der Waals surface area contributed by atoms with E-state index >= 15 is 0 Å². The Morgan fingerprint density at radius 3 is 3.00 bits per heavy atom. The van der Waals surface area contributed by atoms with Gasteiger partial charge in [0, 0.05) is 18.2 Å². The lowest BCUT2D eigenvalue weighted by molar-refractivity contribution is -0.137. The van der Waals surface area contributed by atoms with Gasteiger partial charge in [0.1, 0.15) is 0 Å². The maximum Gasteiger partial charge on any atom is 0.303 e. The molecule has 0 amide bonds. The second-order valence-electron chi connectivity index (χ2n) is 4.01. The summed E-state index contributed by atoms with van der Waals surface area (Å²) in [5, 5.41) is 13.8. The first-order valence-electron chi connectivity index (χ1n) is 5.35. The maximum atomic E-state index is 10.6. The molecule has 0 spiro atoms. The van der Waals surface area contributed by atoms with Gasteiger partial charge >= 0.3 is 5.97 Å². The molecule has 1 atom stereocenters. The fourth-order valence-corrected chi connectivity index (χ4v) is 3.33. The van der Waals surface area contributed by atoms with E-state index in [0.717, 1.165) is 17.1 Å². The van der Waals surface area contributed by atoms with E-state index in [0.29, 0.717) is 0 Å². The van der Waals surface area contributed by atoms with Crippen molar-refractivity contribution in [2.45, 2.75) is 19.8 Å². The average Bonchev–Trinajstić information content (AvgIpc) is 2.84. The van der Waals surface area contributed by atoms with Gasteiger partial charge in [0.25, 0.3) is 0 Å². The Kier molecular flexibility index (Phi) is 3.91. The molecule has 2 rings (SSSR count). The second-order valence-corrected chi connectivity index (χ2v) is 5.90. The van der Waals surface area contributed by atoms with E-state index < -0.39 is 5.97 Å². The third-order valence-electron chi connectivity index (χ3n) is 2.37. The Hall–Kier alpha value is -1.20. The molecule has 2 aromatic heterocycles. The minimum atomic E-state index is -0.743. The van der Waals surface area contributed by atoms with Gasteiger partial charge in [-0.3, -0.25) is 4.79 Å². The largest absolute Gasteiger partial charge is 0.481 e. The predicted octanol–water partition coefficient (Wildman–Crippen LogP) is 3.52. The zero-order valence-corrected chi connectivity index (χ0v) is 11.1. The molecule has 0 aliphatic heterocycles. The third-order valence-corrected chi connectivity index (χ3v) is 4.14. The molecule has 0 saturated heterocycles. The molecule has 0 saturated carbocycles. The second kappa shape index (κ2) is 5.42. The first kappa shape index (κ1) is 12.3. The highest BCUT2D eigenvalue weighted by Gasteiger charge is 2.12. The van der Waals surface area contributed by atoms with E-state index in [1.54, 1.807) is 22.7 Å². The summed E-state index contributed by atoms with van der Waals surface area (Å²) in [4.78, 5) is 16.3. The van der Waals surface area contributed by atoms with Crippen LogP contribution in [0.25, 0.3) is 10.6 Å². The Morgan fingerprint density at radius 2 is 2.35 bits per heavy atom. The van der Waals surface area contributed by atoms with Crippen molar-refractivity contribution in [1.82, 2.24) is 4.98 Å². The molecular weight excluding hydrogens is 254 g/mol. The Labute approximate surface area is 108 Å². The minimum absolute atomic E-state index is 0.134. The van der Waals surface area contributed by atoms with Gasteiger partial charge in [0.05, 0.1) is 15.6 Å². The zero-order chi connectivity index (χ0) is 12.3. The van der Waals surface area contributed by atoms with Crippen molar-refractivity contribution >= 4 is 28.6 Å². The van der Waals surface area contributed by atoms with Gasteiger partial charge < -0.3 is 5.11 Å². The Bertz CT molecular complexity index is 490. The summed E-state index contributed by atoms with van der Waals surface area (Å²) in [6.07, 6.45) is 0.941. The summed E-state index contributed by atoms with van der Waals surface area (Å²) in [5.41, 5.74) is 1.00. The van der Waals surface area contributed by atoms with Crippen LogP contribution in [-0.2, 0) is 11.2 Å². The number of nitrogens with zero attached hydrogens (tertiary/aromatic N) is 1. The number of thiazole rings is 1. The molecule has 0 radical (unpaired) electrons. The first-order valence-corrected chi connectivity index (χ1v) is 7.11. The Morgan fingerprint density at radius 1 is 1.53 bits per heavy atom. The van der Waals surface area contributed by atoms with Crippen LogP contribution in [0.3, 0.4) is 0 Å². The number of hydrogen-bond acceptors (Lipinski definition) is 4. The number of rotatable bonds is 5. The average molecular weight is 267 g/mol. The molecular formula is C12H13NO2S2. The smallest absolute Gasteiger partial charge is 0.303 e. The normalized spacial score (nSPS) is 12.5. The lowest BCUT2D eigenvalue weighted by atomic mass is 10.1. The number of carboxylic acid groups (broad SMARTS) is 1. The van der Waals surface area contributed by atoms with Crippen LogP contribution < -0.4 is 0 Å². The zero-order valence-electron chi connectivity index (χ0n) is 9.42. The summed E-state index contributed by atoms with van der Waals surface area (Å²) < 4.78 is 0. The summed E-state index contributed by atoms with van der Waals surface area (Å²) in [7, 11) is 0. The Balaban J connectivity index is 2.01. The molecule has 0 aliphatic rings. The highest BCUT2D eigenvalue weighted by atomic mass is 32.1. The van der Waals surface area contributed by atoms with Crippen LogP contribution in [0.4, 0.5) is 0 Å². The van der Waals surface area contributed by atoms with E-state index in [4.69, 9.17) is 5.11 Å². The number of carbonyl (C=O) groups is 1. The van der Waals surface area contributed by atoms with Gasteiger partial charge in [0.2, 0.25) is 0 Å². The van der Waals surface area contributed by atoms with Crippen LogP contribution in [0.2, 0.25) is 0 Å². The van der Waals surface area contributed by atoms with Gasteiger partial charge in [-0.05, 0) is 17.4 Å². The van der Waals surface area contributed by atoms with Crippen LogP contribution in [0.5, 0.6) is 0 Å². The fourth-order valence-electron chi connectivity index (χ4n) is 1.61. The van der Waals surface area contributed by atoms with E-state index in [1.165, 1.54) is 4.88 Å². The van der Waals surface area contributed by atoms with Crippen molar-refractivity contribution in [3.63, 3.8) is 0 Å². The number of carboxylic acids is 1. The molecule has 90 valence electrons. The molecule has 1 unspecified atom stereocenters. The lowest BCUT2D eigenvalue weighted by Crippen LogP contribution is -2.06. The van der Waals surface area contributed by atoms with E-state index in [1.807, 2.05) is 29.8 Å². The molecule has 2 aromatic rings. The molecule has 1 N–H and O–H groups in total. The fraction of sp³-hybridized carbons (Fsp3) is 0.333. The highest BCUT2D eigenvalue weighted by Crippen LogP contribution is 2.27. The molecule has 2 heterocycles. The quantitative estimate of drug-likeness (QED) is 0.901. The summed E-state index contributed by atoms with van der Waals surface area (Å²) in [5.74, 6) is -0.609. The number of aromatic nitrogens is 1. The van der Waals surface area contributed by atoms with Crippen LogP contribution >= 0.6 is 22.7 Å². The van der Waals surface area contributed by atoms with E-state index in [2.05, 4.69) is 4.98 Å². The monoisotopic (exact) mass is 267 g/mol. The predicted molar refractivity (Wildman–Crippen MR) is 70.5 cm³/mol. The van der Waals surface area contributed by atoms with Crippen molar-refractivity contribution in [2.24, 2.45) is 5.92 Å². The number of aliphatic carboxylic acids is 1.